The number of amides is 2. The summed E-state index contributed by atoms with van der Waals surface area (Å²) in [6.07, 6.45) is 0. The summed E-state index contributed by atoms with van der Waals surface area (Å²) in [5.41, 5.74) is 1.85. The van der Waals surface area contributed by atoms with Gasteiger partial charge < -0.3 is 15.0 Å². The van der Waals surface area contributed by atoms with Gasteiger partial charge in [0.05, 0.1) is 17.7 Å². The van der Waals surface area contributed by atoms with Crippen LogP contribution in [0, 0.1) is 12.7 Å². The molecule has 2 amide bonds. The molecule has 1 atom stereocenters. The molecule has 0 aliphatic heterocycles. The van der Waals surface area contributed by atoms with Crippen LogP contribution in [0.15, 0.2) is 77.7 Å². The van der Waals surface area contributed by atoms with Gasteiger partial charge in [0.25, 0.3) is 10.0 Å². The first kappa shape index (κ1) is 29.6. The van der Waals surface area contributed by atoms with Crippen LogP contribution in [-0.2, 0) is 26.2 Å². The number of aryl methyl sites for hydroxylation is 1. The molecule has 0 spiro atoms. The molecule has 8 nitrogen and oxygen atoms in total. The first-order chi connectivity index (χ1) is 18.4. The summed E-state index contributed by atoms with van der Waals surface area (Å²) in [6.45, 7) is 6.62. The number of carbonyl (C=O) groups excluding carboxylic acids is 2. The molecule has 0 aromatic heterocycles. The van der Waals surface area contributed by atoms with Gasteiger partial charge in [0, 0.05) is 12.6 Å². The van der Waals surface area contributed by atoms with Crippen LogP contribution in [0.5, 0.6) is 5.75 Å². The van der Waals surface area contributed by atoms with Crippen molar-refractivity contribution in [2.75, 3.05) is 18.0 Å². The first-order valence-corrected chi connectivity index (χ1v) is 13.9. The lowest BCUT2D eigenvalue weighted by Crippen LogP contribution is -2.52. The van der Waals surface area contributed by atoms with Crippen LogP contribution in [-0.4, -0.2) is 50.9 Å². The summed E-state index contributed by atoms with van der Waals surface area (Å²) >= 11 is 0. The number of methoxy groups -OCH3 is 1. The molecule has 1 N–H and O–H groups in total. The Labute approximate surface area is 229 Å². The summed E-state index contributed by atoms with van der Waals surface area (Å²) in [7, 11) is -2.79. The molecule has 0 aliphatic carbocycles. The van der Waals surface area contributed by atoms with Crippen LogP contribution in [0.2, 0.25) is 0 Å². The highest BCUT2D eigenvalue weighted by Crippen LogP contribution is 2.26. The van der Waals surface area contributed by atoms with E-state index in [0.717, 1.165) is 27.6 Å². The van der Waals surface area contributed by atoms with Gasteiger partial charge in [0.15, 0.2) is 0 Å². The SMILES string of the molecule is COc1ccc(S(=O)(=O)N(CC(=O)N(Cc2ccccc2C)[C@@H](C)C(=O)NC(C)C)c2ccc(F)cc2)cc1. The minimum atomic E-state index is -4.26. The third-order valence-corrected chi connectivity index (χ3v) is 8.03. The molecule has 0 heterocycles. The van der Waals surface area contributed by atoms with Gasteiger partial charge in [-0.05, 0) is 87.4 Å². The summed E-state index contributed by atoms with van der Waals surface area (Å²) in [4.78, 5) is 28.1. The second kappa shape index (κ2) is 12.8. The number of ether oxygens (including phenoxy) is 1. The van der Waals surface area contributed by atoms with Crippen molar-refractivity contribution in [3.05, 3.63) is 89.7 Å². The second-order valence-corrected chi connectivity index (χ2v) is 11.3. The van der Waals surface area contributed by atoms with Gasteiger partial charge in [-0.25, -0.2) is 12.8 Å². The molecule has 0 aliphatic rings. The Hall–Kier alpha value is -3.92. The fourth-order valence-electron chi connectivity index (χ4n) is 3.97. The number of carbonyl (C=O) groups is 2. The number of hydrogen-bond donors (Lipinski definition) is 1. The Bertz CT molecular complexity index is 1390. The van der Waals surface area contributed by atoms with E-state index in [1.807, 2.05) is 45.0 Å². The van der Waals surface area contributed by atoms with Crippen LogP contribution < -0.4 is 14.4 Å². The van der Waals surface area contributed by atoms with Crippen LogP contribution in [0.3, 0.4) is 0 Å². The number of hydrogen-bond acceptors (Lipinski definition) is 5. The Morgan fingerprint density at radius 2 is 1.56 bits per heavy atom. The third kappa shape index (κ3) is 7.35. The van der Waals surface area contributed by atoms with E-state index in [9.17, 15) is 22.4 Å². The molecule has 3 rings (SSSR count). The van der Waals surface area contributed by atoms with Crippen LogP contribution in [0.1, 0.15) is 31.9 Å². The van der Waals surface area contributed by atoms with E-state index in [2.05, 4.69) is 5.32 Å². The lowest BCUT2D eigenvalue weighted by atomic mass is 10.1. The first-order valence-electron chi connectivity index (χ1n) is 12.5. The Kier molecular flexibility index (Phi) is 9.69. The van der Waals surface area contributed by atoms with E-state index in [-0.39, 0.29) is 29.1 Å². The van der Waals surface area contributed by atoms with E-state index >= 15 is 0 Å². The van der Waals surface area contributed by atoms with Crippen molar-refractivity contribution in [2.24, 2.45) is 0 Å². The zero-order chi connectivity index (χ0) is 28.7. The van der Waals surface area contributed by atoms with Gasteiger partial charge in [-0.2, -0.15) is 0 Å². The van der Waals surface area contributed by atoms with Crippen molar-refractivity contribution < 1.29 is 27.1 Å². The number of nitrogens with one attached hydrogen (secondary N) is 1. The number of sulfonamides is 1. The van der Waals surface area contributed by atoms with Crippen LogP contribution >= 0.6 is 0 Å². The monoisotopic (exact) mass is 555 g/mol. The van der Waals surface area contributed by atoms with Crippen LogP contribution in [0.25, 0.3) is 0 Å². The molecule has 10 heteroatoms. The van der Waals surface area contributed by atoms with Gasteiger partial charge in [-0.1, -0.05) is 24.3 Å². The summed E-state index contributed by atoms with van der Waals surface area (Å²) < 4.78 is 47.3. The summed E-state index contributed by atoms with van der Waals surface area (Å²) in [5.74, 6) is -1.04. The van der Waals surface area contributed by atoms with E-state index in [1.165, 1.54) is 48.4 Å². The molecule has 0 unspecified atom stereocenters. The third-order valence-electron chi connectivity index (χ3n) is 6.24. The molecular formula is C29H34FN3O5S. The van der Waals surface area contributed by atoms with E-state index in [0.29, 0.717) is 5.75 Å². The lowest BCUT2D eigenvalue weighted by Gasteiger charge is -2.32. The maximum absolute atomic E-state index is 13.9. The maximum atomic E-state index is 13.9. The van der Waals surface area contributed by atoms with Crippen molar-refractivity contribution in [1.82, 2.24) is 10.2 Å². The number of benzene rings is 3. The molecule has 0 saturated carbocycles. The van der Waals surface area contributed by atoms with Crippen molar-refractivity contribution >= 4 is 27.5 Å². The van der Waals surface area contributed by atoms with Gasteiger partial charge in [0.1, 0.15) is 24.2 Å². The highest BCUT2D eigenvalue weighted by atomic mass is 32.2. The fourth-order valence-corrected chi connectivity index (χ4v) is 5.38. The predicted molar refractivity (Wildman–Crippen MR) is 148 cm³/mol. The minimum Gasteiger partial charge on any atom is -0.497 e. The normalized spacial score (nSPS) is 12.1. The smallest absolute Gasteiger partial charge is 0.264 e. The largest absolute Gasteiger partial charge is 0.497 e. The topological polar surface area (TPSA) is 96.0 Å². The molecular weight excluding hydrogens is 521 g/mol. The zero-order valence-corrected chi connectivity index (χ0v) is 23.5. The average Bonchev–Trinajstić information content (AvgIpc) is 2.91. The molecule has 39 heavy (non-hydrogen) atoms. The summed E-state index contributed by atoms with van der Waals surface area (Å²) in [6, 6.07) is 17.0. The van der Waals surface area contributed by atoms with Crippen molar-refractivity contribution in [2.45, 2.75) is 51.2 Å². The molecule has 0 saturated heterocycles. The van der Waals surface area contributed by atoms with Gasteiger partial charge >= 0.3 is 0 Å². The Morgan fingerprint density at radius 3 is 2.13 bits per heavy atom. The standard InChI is InChI=1S/C29H34FN3O5S/c1-20(2)31-29(35)22(4)32(18-23-9-7-6-8-21(23)3)28(34)19-33(25-12-10-24(30)11-13-25)39(36,37)27-16-14-26(38-5)15-17-27/h6-17,20,22H,18-19H2,1-5H3,(H,31,35)/t22-/m0/s1. The molecule has 3 aromatic rings. The number of nitrogens with zero attached hydrogens (tertiary/aromatic N) is 2. The summed E-state index contributed by atoms with van der Waals surface area (Å²) in [5, 5.41) is 2.82. The van der Waals surface area contributed by atoms with Crippen molar-refractivity contribution in [3.63, 3.8) is 0 Å². The average molecular weight is 556 g/mol. The highest BCUT2D eigenvalue weighted by Gasteiger charge is 2.33. The van der Waals surface area contributed by atoms with Gasteiger partial charge in [-0.15, -0.1) is 0 Å². The molecule has 3 aromatic carbocycles. The van der Waals surface area contributed by atoms with E-state index < -0.39 is 34.3 Å². The number of anilines is 1. The second-order valence-electron chi connectivity index (χ2n) is 9.45. The predicted octanol–water partition coefficient (Wildman–Crippen LogP) is 4.28. The zero-order valence-electron chi connectivity index (χ0n) is 22.7. The van der Waals surface area contributed by atoms with Crippen LogP contribution in [0.4, 0.5) is 10.1 Å². The molecule has 0 bridgehead atoms. The van der Waals surface area contributed by atoms with Crippen molar-refractivity contribution in [3.8, 4) is 5.75 Å². The quantitative estimate of drug-likeness (QED) is 0.381. The van der Waals surface area contributed by atoms with Gasteiger partial charge in [0.2, 0.25) is 11.8 Å². The molecule has 0 radical (unpaired) electrons. The van der Waals surface area contributed by atoms with Gasteiger partial charge in [-0.3, -0.25) is 13.9 Å². The maximum Gasteiger partial charge on any atom is 0.264 e. The van der Waals surface area contributed by atoms with E-state index in [1.54, 1.807) is 6.92 Å². The fraction of sp³-hybridized carbons (Fsp3) is 0.310. The minimum absolute atomic E-state index is 0.0727. The van der Waals surface area contributed by atoms with Crippen molar-refractivity contribution in [1.29, 1.82) is 0 Å². The molecule has 208 valence electrons. The lowest BCUT2D eigenvalue weighted by molar-refractivity contribution is -0.139. The number of rotatable bonds is 11. The number of halogens is 1. The Balaban J connectivity index is 2.04. The Morgan fingerprint density at radius 1 is 0.949 bits per heavy atom. The highest BCUT2D eigenvalue weighted by molar-refractivity contribution is 7.92. The van der Waals surface area contributed by atoms with E-state index in [4.69, 9.17) is 4.74 Å². The molecule has 0 fully saturated rings.